The second-order valence-corrected chi connectivity index (χ2v) is 5.34. The zero-order valence-corrected chi connectivity index (χ0v) is 12.7. The van der Waals surface area contributed by atoms with Crippen molar-refractivity contribution in [1.82, 2.24) is 9.97 Å². The highest BCUT2D eigenvalue weighted by atomic mass is 16.5. The molecule has 1 aromatic carbocycles. The van der Waals surface area contributed by atoms with E-state index >= 15 is 0 Å². The van der Waals surface area contributed by atoms with Crippen LogP contribution in [0.3, 0.4) is 0 Å². The maximum Gasteiger partial charge on any atom is 0.135 e. The van der Waals surface area contributed by atoms with Crippen LogP contribution in [0.4, 0.5) is 0 Å². The van der Waals surface area contributed by atoms with E-state index in [1.54, 1.807) is 24.5 Å². The molecule has 0 fully saturated rings. The first-order valence-corrected chi connectivity index (χ1v) is 7.49. The van der Waals surface area contributed by atoms with Gasteiger partial charge in [0.15, 0.2) is 0 Å². The van der Waals surface area contributed by atoms with Crippen molar-refractivity contribution in [1.29, 1.82) is 0 Å². The molecule has 0 saturated carbocycles. The summed E-state index contributed by atoms with van der Waals surface area (Å²) in [5.41, 5.74) is 2.53. The van der Waals surface area contributed by atoms with Gasteiger partial charge < -0.3 is 14.3 Å². The van der Waals surface area contributed by atoms with E-state index < -0.39 is 0 Å². The van der Waals surface area contributed by atoms with Crippen molar-refractivity contribution >= 4 is 11.0 Å². The van der Waals surface area contributed by atoms with Gasteiger partial charge in [0.05, 0.1) is 11.9 Å². The SMILES string of the molecule is Oc1ccc(COc2ccc3oc(-c4ccncc4)cc3c2)nc1. The molecule has 0 unspecified atom stereocenters. The molecule has 1 N–H and O–H groups in total. The van der Waals surface area contributed by atoms with Gasteiger partial charge in [-0.1, -0.05) is 0 Å². The number of ether oxygens (including phenoxy) is 1. The summed E-state index contributed by atoms with van der Waals surface area (Å²) in [5, 5.41) is 10.2. The first-order valence-electron chi connectivity index (χ1n) is 7.49. The number of nitrogens with zero attached hydrogens (tertiary/aromatic N) is 2. The van der Waals surface area contributed by atoms with Crippen molar-refractivity contribution in [2.75, 3.05) is 0 Å². The lowest BCUT2D eigenvalue weighted by Gasteiger charge is -2.05. The molecular weight excluding hydrogens is 304 g/mol. The highest BCUT2D eigenvalue weighted by Crippen LogP contribution is 2.30. The third-order valence-electron chi connectivity index (χ3n) is 3.65. The van der Waals surface area contributed by atoms with Crippen molar-refractivity contribution in [3.8, 4) is 22.8 Å². The molecule has 0 aliphatic heterocycles. The number of hydrogen-bond acceptors (Lipinski definition) is 5. The Morgan fingerprint density at radius 1 is 1.00 bits per heavy atom. The third-order valence-corrected chi connectivity index (χ3v) is 3.65. The summed E-state index contributed by atoms with van der Waals surface area (Å²) in [6.45, 7) is 0.334. The maximum atomic E-state index is 9.24. The van der Waals surface area contributed by atoms with Crippen LogP contribution >= 0.6 is 0 Å². The van der Waals surface area contributed by atoms with Gasteiger partial charge in [-0.3, -0.25) is 9.97 Å². The third kappa shape index (κ3) is 2.92. The summed E-state index contributed by atoms with van der Waals surface area (Å²) in [6.07, 6.45) is 4.88. The van der Waals surface area contributed by atoms with Crippen molar-refractivity contribution in [2.45, 2.75) is 6.61 Å². The molecule has 4 aromatic rings. The van der Waals surface area contributed by atoms with Gasteiger partial charge in [0.25, 0.3) is 0 Å². The number of hydrogen-bond donors (Lipinski definition) is 1. The standard InChI is InChI=1S/C19H14N2O3/c22-16-2-1-15(21-11-16)12-23-17-3-4-18-14(9-17)10-19(24-18)13-5-7-20-8-6-13/h1-11,22H,12H2. The van der Waals surface area contributed by atoms with Gasteiger partial charge in [-0.25, -0.2) is 0 Å². The van der Waals surface area contributed by atoms with Gasteiger partial charge in [0.2, 0.25) is 0 Å². The first kappa shape index (κ1) is 14.3. The lowest BCUT2D eigenvalue weighted by atomic mass is 10.2. The quantitative estimate of drug-likeness (QED) is 0.611. The Hall–Kier alpha value is -3.34. The van der Waals surface area contributed by atoms with Gasteiger partial charge in [-0.05, 0) is 48.5 Å². The molecule has 3 aromatic heterocycles. The monoisotopic (exact) mass is 318 g/mol. The van der Waals surface area contributed by atoms with Crippen LogP contribution in [-0.4, -0.2) is 15.1 Å². The maximum absolute atomic E-state index is 9.24. The molecule has 0 saturated heterocycles. The van der Waals surface area contributed by atoms with Crippen molar-refractivity contribution in [2.24, 2.45) is 0 Å². The van der Waals surface area contributed by atoms with Crippen molar-refractivity contribution < 1.29 is 14.3 Å². The highest BCUT2D eigenvalue weighted by molar-refractivity contribution is 5.84. The number of furan rings is 1. The fourth-order valence-electron chi connectivity index (χ4n) is 2.43. The summed E-state index contributed by atoms with van der Waals surface area (Å²) in [6, 6.07) is 14.8. The van der Waals surface area contributed by atoms with E-state index in [4.69, 9.17) is 9.15 Å². The van der Waals surface area contributed by atoms with Crippen LogP contribution in [-0.2, 0) is 6.61 Å². The fourth-order valence-corrected chi connectivity index (χ4v) is 2.43. The molecule has 0 amide bonds. The van der Waals surface area contributed by atoms with E-state index in [0.29, 0.717) is 6.61 Å². The van der Waals surface area contributed by atoms with E-state index in [0.717, 1.165) is 33.7 Å². The van der Waals surface area contributed by atoms with Gasteiger partial charge >= 0.3 is 0 Å². The van der Waals surface area contributed by atoms with Crippen molar-refractivity contribution in [3.05, 3.63) is 72.8 Å². The van der Waals surface area contributed by atoms with Crippen LogP contribution in [0.5, 0.6) is 11.5 Å². The van der Waals surface area contributed by atoms with Crippen LogP contribution < -0.4 is 4.74 Å². The number of benzene rings is 1. The van der Waals surface area contributed by atoms with E-state index in [9.17, 15) is 5.11 Å². The summed E-state index contributed by atoms with van der Waals surface area (Å²) >= 11 is 0. The summed E-state index contributed by atoms with van der Waals surface area (Å²) < 4.78 is 11.6. The highest BCUT2D eigenvalue weighted by Gasteiger charge is 2.07. The van der Waals surface area contributed by atoms with Gasteiger partial charge in [0.1, 0.15) is 29.4 Å². The Bertz CT molecular complexity index is 963. The summed E-state index contributed by atoms with van der Waals surface area (Å²) in [7, 11) is 0. The Morgan fingerprint density at radius 2 is 1.88 bits per heavy atom. The second kappa shape index (κ2) is 6.04. The second-order valence-electron chi connectivity index (χ2n) is 5.34. The number of pyridine rings is 2. The van der Waals surface area contributed by atoms with E-state index in [-0.39, 0.29) is 5.75 Å². The van der Waals surface area contributed by atoms with E-state index in [1.165, 1.54) is 6.20 Å². The molecule has 5 nitrogen and oxygen atoms in total. The molecule has 24 heavy (non-hydrogen) atoms. The molecule has 118 valence electrons. The zero-order chi connectivity index (χ0) is 16.4. The number of rotatable bonds is 4. The van der Waals surface area contributed by atoms with Crippen LogP contribution in [0.1, 0.15) is 5.69 Å². The molecule has 0 spiro atoms. The Balaban J connectivity index is 1.55. The van der Waals surface area contributed by atoms with Crippen molar-refractivity contribution in [3.63, 3.8) is 0 Å². The average Bonchev–Trinajstić information content (AvgIpc) is 3.05. The zero-order valence-electron chi connectivity index (χ0n) is 12.7. The molecule has 3 heterocycles. The predicted octanol–water partition coefficient (Wildman–Crippen LogP) is 4.17. The smallest absolute Gasteiger partial charge is 0.135 e. The van der Waals surface area contributed by atoms with Crippen LogP contribution in [0.2, 0.25) is 0 Å². The molecule has 4 rings (SSSR count). The largest absolute Gasteiger partial charge is 0.506 e. The minimum absolute atomic E-state index is 0.141. The molecule has 5 heteroatoms. The van der Waals surface area contributed by atoms with Gasteiger partial charge in [-0.2, -0.15) is 0 Å². The van der Waals surface area contributed by atoms with Gasteiger partial charge in [0, 0.05) is 23.3 Å². The van der Waals surface area contributed by atoms with Crippen LogP contribution in [0.25, 0.3) is 22.3 Å². The van der Waals surface area contributed by atoms with E-state index in [1.807, 2.05) is 36.4 Å². The molecule has 0 aliphatic rings. The first-order chi connectivity index (χ1) is 11.8. The topological polar surface area (TPSA) is 68.4 Å². The van der Waals surface area contributed by atoms with Crippen LogP contribution in [0.15, 0.2) is 71.5 Å². The molecule has 0 bridgehead atoms. The molecular formula is C19H14N2O3. The Kier molecular flexibility index (Phi) is 3.59. The average molecular weight is 318 g/mol. The molecule has 0 atom stereocenters. The molecule has 0 aliphatic carbocycles. The number of aromatic hydroxyl groups is 1. The Morgan fingerprint density at radius 3 is 2.67 bits per heavy atom. The minimum Gasteiger partial charge on any atom is -0.506 e. The summed E-state index contributed by atoms with van der Waals surface area (Å²) in [5.74, 6) is 1.67. The minimum atomic E-state index is 0.141. The number of fused-ring (bicyclic) bond motifs is 1. The lowest BCUT2D eigenvalue weighted by Crippen LogP contribution is -1.97. The lowest BCUT2D eigenvalue weighted by molar-refractivity contribution is 0.301. The van der Waals surface area contributed by atoms with E-state index in [2.05, 4.69) is 9.97 Å². The van der Waals surface area contributed by atoms with Crippen LogP contribution in [0, 0.1) is 0 Å². The Labute approximate surface area is 138 Å². The number of aromatic nitrogens is 2. The van der Waals surface area contributed by atoms with Gasteiger partial charge in [-0.15, -0.1) is 0 Å². The molecule has 0 radical (unpaired) electrons. The fraction of sp³-hybridized carbons (Fsp3) is 0.0526. The predicted molar refractivity (Wildman–Crippen MR) is 89.7 cm³/mol. The normalized spacial score (nSPS) is 10.8. The summed E-state index contributed by atoms with van der Waals surface area (Å²) in [4.78, 5) is 8.11.